The molecule has 1 atom stereocenters. The summed E-state index contributed by atoms with van der Waals surface area (Å²) >= 11 is 5.72. The highest BCUT2D eigenvalue weighted by Gasteiger charge is 2.22. The van der Waals surface area contributed by atoms with Crippen molar-refractivity contribution < 1.29 is 9.50 Å². The highest BCUT2D eigenvalue weighted by Crippen LogP contribution is 2.30. The van der Waals surface area contributed by atoms with Gasteiger partial charge in [-0.25, -0.2) is 4.39 Å². The average molecular weight is 187 g/mol. The molecular weight excluding hydrogens is 179 g/mol. The summed E-state index contributed by atoms with van der Waals surface area (Å²) in [7, 11) is 0. The molecule has 1 nitrogen and oxygen atoms in total. The van der Waals surface area contributed by atoms with Gasteiger partial charge in [0.15, 0.2) is 0 Å². The Morgan fingerprint density at radius 3 is 2.92 bits per heavy atom. The third-order valence-electron chi connectivity index (χ3n) is 2.19. The zero-order valence-electron chi connectivity index (χ0n) is 6.35. The van der Waals surface area contributed by atoms with Crippen molar-refractivity contribution in [3.05, 3.63) is 34.1 Å². The number of hydrogen-bond acceptors (Lipinski definition) is 1. The summed E-state index contributed by atoms with van der Waals surface area (Å²) in [4.78, 5) is 0. The molecule has 12 heavy (non-hydrogen) atoms. The lowest BCUT2D eigenvalue weighted by Gasteiger charge is -2.01. The van der Waals surface area contributed by atoms with Gasteiger partial charge in [0.2, 0.25) is 0 Å². The second-order valence-electron chi connectivity index (χ2n) is 3.06. The second-order valence-corrected chi connectivity index (χ2v) is 3.44. The van der Waals surface area contributed by atoms with Crippen molar-refractivity contribution >= 4 is 11.6 Å². The number of benzene rings is 1. The average Bonchev–Trinajstić information content (AvgIpc) is 2.39. The van der Waals surface area contributed by atoms with Gasteiger partial charge < -0.3 is 5.11 Å². The first-order valence-electron chi connectivity index (χ1n) is 3.82. The molecule has 0 spiro atoms. The Bertz CT molecular complexity index is 325. The predicted octanol–water partition coefficient (Wildman–Crippen LogP) is 1.94. The van der Waals surface area contributed by atoms with E-state index >= 15 is 0 Å². The van der Waals surface area contributed by atoms with E-state index in [4.69, 9.17) is 11.6 Å². The van der Waals surface area contributed by atoms with Crippen LogP contribution in [0.5, 0.6) is 0 Å². The largest absolute Gasteiger partial charge is 0.392 e. The SMILES string of the molecule is OC1Cc2ccc(F)c(Cl)c2C1. The Hall–Kier alpha value is -0.600. The van der Waals surface area contributed by atoms with Crippen molar-refractivity contribution in [1.82, 2.24) is 0 Å². The third-order valence-corrected chi connectivity index (χ3v) is 2.60. The molecule has 3 heteroatoms. The van der Waals surface area contributed by atoms with E-state index in [1.165, 1.54) is 6.07 Å². The van der Waals surface area contributed by atoms with Crippen LogP contribution in [0.2, 0.25) is 5.02 Å². The molecule has 0 amide bonds. The van der Waals surface area contributed by atoms with Gasteiger partial charge in [-0.15, -0.1) is 0 Å². The van der Waals surface area contributed by atoms with Crippen LogP contribution in [0.4, 0.5) is 4.39 Å². The molecule has 1 aliphatic rings. The maximum absolute atomic E-state index is 12.9. The van der Waals surface area contributed by atoms with Gasteiger partial charge in [0, 0.05) is 6.42 Å². The Morgan fingerprint density at radius 2 is 2.17 bits per heavy atom. The van der Waals surface area contributed by atoms with E-state index in [1.54, 1.807) is 6.07 Å². The zero-order valence-corrected chi connectivity index (χ0v) is 7.11. The first kappa shape index (κ1) is 8.02. The maximum Gasteiger partial charge on any atom is 0.142 e. The molecule has 0 heterocycles. The molecule has 1 N–H and O–H groups in total. The molecule has 0 radical (unpaired) electrons. The van der Waals surface area contributed by atoms with Crippen molar-refractivity contribution in [2.24, 2.45) is 0 Å². The van der Waals surface area contributed by atoms with Crippen LogP contribution in [0.3, 0.4) is 0 Å². The lowest BCUT2D eigenvalue weighted by molar-refractivity contribution is 0.187. The predicted molar refractivity (Wildman–Crippen MR) is 44.8 cm³/mol. The van der Waals surface area contributed by atoms with Crippen LogP contribution in [0.15, 0.2) is 12.1 Å². The standard InChI is InChI=1S/C9H8ClFO/c10-9-7-4-6(12)3-5(7)1-2-8(9)11/h1-2,6,12H,3-4H2. The molecule has 0 fully saturated rings. The minimum atomic E-state index is -0.399. The fourth-order valence-electron chi connectivity index (χ4n) is 1.61. The number of aliphatic hydroxyl groups excluding tert-OH is 1. The number of aliphatic hydroxyl groups is 1. The first-order chi connectivity index (χ1) is 5.68. The lowest BCUT2D eigenvalue weighted by atomic mass is 10.1. The van der Waals surface area contributed by atoms with Crippen LogP contribution in [0.25, 0.3) is 0 Å². The third kappa shape index (κ3) is 1.11. The van der Waals surface area contributed by atoms with E-state index < -0.39 is 5.82 Å². The fourth-order valence-corrected chi connectivity index (χ4v) is 1.87. The molecule has 1 aromatic carbocycles. The van der Waals surface area contributed by atoms with Crippen LogP contribution < -0.4 is 0 Å². The highest BCUT2D eigenvalue weighted by atomic mass is 35.5. The van der Waals surface area contributed by atoms with Gasteiger partial charge in [0.1, 0.15) is 5.82 Å². The summed E-state index contributed by atoms with van der Waals surface area (Å²) in [5.41, 5.74) is 1.73. The van der Waals surface area contributed by atoms with Gasteiger partial charge in [-0.1, -0.05) is 17.7 Å². The van der Waals surface area contributed by atoms with Crippen LogP contribution in [0.1, 0.15) is 11.1 Å². The number of rotatable bonds is 0. The normalized spacial score (nSPS) is 21.1. The number of halogens is 2. The Labute approximate surface area is 74.8 Å². The first-order valence-corrected chi connectivity index (χ1v) is 4.20. The summed E-state index contributed by atoms with van der Waals surface area (Å²) in [6.07, 6.45) is 0.681. The van der Waals surface area contributed by atoms with Crippen LogP contribution in [-0.2, 0) is 12.8 Å². The van der Waals surface area contributed by atoms with E-state index in [0.717, 1.165) is 11.1 Å². The monoisotopic (exact) mass is 186 g/mol. The summed E-state index contributed by atoms with van der Waals surface area (Å²) in [5.74, 6) is -0.399. The van der Waals surface area contributed by atoms with E-state index in [1.807, 2.05) is 0 Å². The molecule has 0 bridgehead atoms. The Morgan fingerprint density at radius 1 is 1.42 bits per heavy atom. The topological polar surface area (TPSA) is 20.2 Å². The molecule has 1 aromatic rings. The zero-order chi connectivity index (χ0) is 8.72. The lowest BCUT2D eigenvalue weighted by Crippen LogP contribution is -2.03. The summed E-state index contributed by atoms with van der Waals surface area (Å²) in [6, 6.07) is 3.03. The van der Waals surface area contributed by atoms with Crippen molar-refractivity contribution in [1.29, 1.82) is 0 Å². The quantitative estimate of drug-likeness (QED) is 0.657. The van der Waals surface area contributed by atoms with Crippen LogP contribution >= 0.6 is 11.6 Å². The molecular formula is C9H8ClFO. The molecule has 0 aliphatic heterocycles. The second kappa shape index (κ2) is 2.71. The molecule has 1 aliphatic carbocycles. The minimum Gasteiger partial charge on any atom is -0.392 e. The summed E-state index contributed by atoms with van der Waals surface area (Å²) < 4.78 is 12.9. The Kier molecular flexibility index (Phi) is 1.81. The summed E-state index contributed by atoms with van der Waals surface area (Å²) in [5, 5.41) is 9.46. The van der Waals surface area contributed by atoms with Gasteiger partial charge in [0.05, 0.1) is 11.1 Å². The van der Waals surface area contributed by atoms with Crippen molar-refractivity contribution in [2.45, 2.75) is 18.9 Å². The summed E-state index contributed by atoms with van der Waals surface area (Å²) in [6.45, 7) is 0. The van der Waals surface area contributed by atoms with Gasteiger partial charge in [-0.3, -0.25) is 0 Å². The molecule has 0 saturated heterocycles. The number of hydrogen-bond donors (Lipinski definition) is 1. The smallest absolute Gasteiger partial charge is 0.142 e. The van der Waals surface area contributed by atoms with Gasteiger partial charge in [-0.05, 0) is 23.6 Å². The van der Waals surface area contributed by atoms with Gasteiger partial charge in [0.25, 0.3) is 0 Å². The fraction of sp³-hybridized carbons (Fsp3) is 0.333. The van der Waals surface area contributed by atoms with Gasteiger partial charge in [-0.2, -0.15) is 0 Å². The van der Waals surface area contributed by atoms with Crippen molar-refractivity contribution in [2.75, 3.05) is 0 Å². The van der Waals surface area contributed by atoms with Crippen LogP contribution in [0, 0.1) is 5.82 Å². The van der Waals surface area contributed by atoms with E-state index in [0.29, 0.717) is 12.8 Å². The maximum atomic E-state index is 12.9. The highest BCUT2D eigenvalue weighted by molar-refractivity contribution is 6.31. The van der Waals surface area contributed by atoms with E-state index in [2.05, 4.69) is 0 Å². The molecule has 64 valence electrons. The Balaban J connectivity index is 2.54. The minimum absolute atomic E-state index is 0.170. The van der Waals surface area contributed by atoms with E-state index in [9.17, 15) is 9.50 Å². The van der Waals surface area contributed by atoms with E-state index in [-0.39, 0.29) is 11.1 Å². The van der Waals surface area contributed by atoms with Gasteiger partial charge >= 0.3 is 0 Å². The molecule has 1 unspecified atom stereocenters. The molecule has 0 aromatic heterocycles. The van der Waals surface area contributed by atoms with Crippen LogP contribution in [-0.4, -0.2) is 11.2 Å². The molecule has 0 saturated carbocycles. The molecule has 2 rings (SSSR count). The van der Waals surface area contributed by atoms with Crippen molar-refractivity contribution in [3.63, 3.8) is 0 Å². The number of fused-ring (bicyclic) bond motifs is 1. The van der Waals surface area contributed by atoms with Crippen molar-refractivity contribution in [3.8, 4) is 0 Å².